The van der Waals surface area contributed by atoms with Crippen molar-refractivity contribution in [3.8, 4) is 11.5 Å². The van der Waals surface area contributed by atoms with Crippen LogP contribution in [0.3, 0.4) is 0 Å². The van der Waals surface area contributed by atoms with Gasteiger partial charge in [0.2, 0.25) is 0 Å². The second-order valence-electron chi connectivity index (χ2n) is 5.13. The number of ether oxygens (including phenoxy) is 1. The molecular weight excluding hydrogens is 308 g/mol. The van der Waals surface area contributed by atoms with E-state index in [1.54, 1.807) is 35.0 Å². The molecule has 0 spiro atoms. The average molecular weight is 322 g/mol. The predicted octanol–water partition coefficient (Wildman–Crippen LogP) is 2.78. The normalized spacial score (nSPS) is 10.3. The molecule has 3 rings (SSSR count). The Hall–Kier alpha value is -3.41. The van der Waals surface area contributed by atoms with Crippen LogP contribution in [0, 0.1) is 0 Å². The number of aromatic carboxylic acids is 1. The monoisotopic (exact) mass is 322 g/mol. The Balaban J connectivity index is 1.73. The molecule has 2 aromatic heterocycles. The molecule has 1 N–H and O–H groups in total. The van der Waals surface area contributed by atoms with Crippen LogP contribution in [0.2, 0.25) is 0 Å². The maximum atomic E-state index is 11.7. The third-order valence-corrected chi connectivity index (χ3v) is 3.37. The van der Waals surface area contributed by atoms with Gasteiger partial charge in [-0.2, -0.15) is 0 Å². The number of carboxylic acid groups (broad SMARTS) is 1. The Kier molecular flexibility index (Phi) is 4.38. The van der Waals surface area contributed by atoms with Crippen molar-refractivity contribution in [3.05, 3.63) is 88.6 Å². The van der Waals surface area contributed by atoms with Gasteiger partial charge in [0.1, 0.15) is 11.5 Å². The van der Waals surface area contributed by atoms with E-state index in [-0.39, 0.29) is 11.1 Å². The molecule has 24 heavy (non-hydrogen) atoms. The molecule has 0 bridgehead atoms. The maximum absolute atomic E-state index is 11.7. The first kappa shape index (κ1) is 15.5. The van der Waals surface area contributed by atoms with Gasteiger partial charge in [0, 0.05) is 18.5 Å². The van der Waals surface area contributed by atoms with E-state index >= 15 is 0 Å². The fourth-order valence-corrected chi connectivity index (χ4v) is 2.18. The van der Waals surface area contributed by atoms with E-state index in [1.165, 1.54) is 24.5 Å². The molecule has 0 fully saturated rings. The molecule has 0 amide bonds. The minimum Gasteiger partial charge on any atom is -0.478 e. The van der Waals surface area contributed by atoms with Gasteiger partial charge in [0.25, 0.3) is 5.56 Å². The van der Waals surface area contributed by atoms with Crippen LogP contribution in [0.25, 0.3) is 0 Å². The van der Waals surface area contributed by atoms with Crippen molar-refractivity contribution < 1.29 is 14.6 Å². The molecule has 0 saturated heterocycles. The van der Waals surface area contributed by atoms with Crippen LogP contribution < -0.4 is 10.3 Å². The first-order valence-electron chi connectivity index (χ1n) is 7.22. The molecule has 120 valence electrons. The molecule has 1 aromatic carbocycles. The number of nitrogens with zero attached hydrogens (tertiary/aromatic N) is 2. The number of hydrogen-bond donors (Lipinski definition) is 1. The van der Waals surface area contributed by atoms with Crippen molar-refractivity contribution in [2.24, 2.45) is 0 Å². The summed E-state index contributed by atoms with van der Waals surface area (Å²) >= 11 is 0. The minimum absolute atomic E-state index is 0.0608. The molecule has 0 aliphatic rings. The van der Waals surface area contributed by atoms with Gasteiger partial charge in [-0.25, -0.2) is 4.79 Å². The molecule has 0 saturated carbocycles. The zero-order chi connectivity index (χ0) is 16.9. The van der Waals surface area contributed by atoms with Crippen molar-refractivity contribution in [2.75, 3.05) is 0 Å². The second kappa shape index (κ2) is 6.78. The van der Waals surface area contributed by atoms with Crippen LogP contribution >= 0.6 is 0 Å². The van der Waals surface area contributed by atoms with Crippen molar-refractivity contribution in [2.45, 2.75) is 6.54 Å². The SMILES string of the molecule is O=C(O)c1cncc(Oc2ccc(Cn3ccccc3=O)cc2)c1. The zero-order valence-electron chi connectivity index (χ0n) is 12.6. The lowest BCUT2D eigenvalue weighted by Crippen LogP contribution is -2.18. The first-order valence-corrected chi connectivity index (χ1v) is 7.22. The molecule has 0 unspecified atom stereocenters. The lowest BCUT2D eigenvalue weighted by Gasteiger charge is -2.08. The molecule has 0 aliphatic carbocycles. The van der Waals surface area contributed by atoms with E-state index in [0.29, 0.717) is 18.0 Å². The summed E-state index contributed by atoms with van der Waals surface area (Å²) in [4.78, 5) is 26.5. The molecule has 3 aromatic rings. The van der Waals surface area contributed by atoms with Crippen molar-refractivity contribution in [1.29, 1.82) is 0 Å². The van der Waals surface area contributed by atoms with E-state index < -0.39 is 5.97 Å². The van der Waals surface area contributed by atoms with Gasteiger partial charge in [-0.15, -0.1) is 0 Å². The quantitative estimate of drug-likeness (QED) is 0.781. The Labute approximate surface area is 137 Å². The molecule has 6 nitrogen and oxygen atoms in total. The summed E-state index contributed by atoms with van der Waals surface area (Å²) < 4.78 is 7.21. The fraction of sp³-hybridized carbons (Fsp3) is 0.0556. The van der Waals surface area contributed by atoms with E-state index in [9.17, 15) is 9.59 Å². The van der Waals surface area contributed by atoms with Crippen LogP contribution in [-0.2, 0) is 6.54 Å². The van der Waals surface area contributed by atoms with Crippen LogP contribution in [-0.4, -0.2) is 20.6 Å². The molecular formula is C18H14N2O4. The zero-order valence-corrected chi connectivity index (χ0v) is 12.6. The number of benzene rings is 1. The van der Waals surface area contributed by atoms with E-state index in [4.69, 9.17) is 9.84 Å². The highest BCUT2D eigenvalue weighted by molar-refractivity contribution is 5.87. The lowest BCUT2D eigenvalue weighted by molar-refractivity contribution is 0.0696. The van der Waals surface area contributed by atoms with E-state index in [1.807, 2.05) is 12.1 Å². The first-order chi connectivity index (χ1) is 11.6. The standard InChI is InChI=1S/C18H14N2O4/c21-17-3-1-2-8-20(17)12-13-4-6-15(7-5-13)24-16-9-14(18(22)23)10-19-11-16/h1-11H,12H2,(H,22,23). The Morgan fingerprint density at radius 3 is 2.58 bits per heavy atom. The number of rotatable bonds is 5. The van der Waals surface area contributed by atoms with Gasteiger partial charge in [0.05, 0.1) is 18.3 Å². The second-order valence-corrected chi connectivity index (χ2v) is 5.13. The number of hydrogen-bond acceptors (Lipinski definition) is 4. The summed E-state index contributed by atoms with van der Waals surface area (Å²) in [6.45, 7) is 0.468. The summed E-state index contributed by atoms with van der Waals surface area (Å²) in [7, 11) is 0. The van der Waals surface area contributed by atoms with Crippen molar-refractivity contribution in [3.63, 3.8) is 0 Å². The van der Waals surface area contributed by atoms with Gasteiger partial charge >= 0.3 is 5.97 Å². The highest BCUT2D eigenvalue weighted by Gasteiger charge is 2.06. The van der Waals surface area contributed by atoms with Crippen LogP contribution in [0.4, 0.5) is 0 Å². The van der Waals surface area contributed by atoms with Gasteiger partial charge in [-0.3, -0.25) is 9.78 Å². The highest BCUT2D eigenvalue weighted by atomic mass is 16.5. The maximum Gasteiger partial charge on any atom is 0.337 e. The Bertz CT molecular complexity index is 917. The van der Waals surface area contributed by atoms with E-state index in [0.717, 1.165) is 5.56 Å². The Morgan fingerprint density at radius 2 is 1.88 bits per heavy atom. The average Bonchev–Trinajstić information content (AvgIpc) is 2.59. The van der Waals surface area contributed by atoms with Crippen LogP contribution in [0.1, 0.15) is 15.9 Å². The van der Waals surface area contributed by atoms with Crippen LogP contribution in [0.5, 0.6) is 11.5 Å². The molecule has 6 heteroatoms. The Morgan fingerprint density at radius 1 is 1.08 bits per heavy atom. The fourth-order valence-electron chi connectivity index (χ4n) is 2.18. The van der Waals surface area contributed by atoms with Gasteiger partial charge in [-0.1, -0.05) is 18.2 Å². The van der Waals surface area contributed by atoms with Crippen LogP contribution in [0.15, 0.2) is 71.9 Å². The number of aromatic nitrogens is 2. The molecule has 0 atom stereocenters. The molecule has 2 heterocycles. The largest absolute Gasteiger partial charge is 0.478 e. The third-order valence-electron chi connectivity index (χ3n) is 3.37. The lowest BCUT2D eigenvalue weighted by atomic mass is 10.2. The highest BCUT2D eigenvalue weighted by Crippen LogP contribution is 2.22. The molecule has 0 radical (unpaired) electrons. The predicted molar refractivity (Wildman–Crippen MR) is 87.5 cm³/mol. The van der Waals surface area contributed by atoms with E-state index in [2.05, 4.69) is 4.98 Å². The summed E-state index contributed by atoms with van der Waals surface area (Å²) in [5.41, 5.74) is 0.954. The minimum atomic E-state index is -1.06. The summed E-state index contributed by atoms with van der Waals surface area (Å²) in [5, 5.41) is 8.95. The smallest absolute Gasteiger partial charge is 0.337 e. The number of carbonyl (C=O) groups is 1. The summed E-state index contributed by atoms with van der Waals surface area (Å²) in [5.74, 6) is -0.151. The van der Waals surface area contributed by atoms with Crippen molar-refractivity contribution >= 4 is 5.97 Å². The van der Waals surface area contributed by atoms with Crippen molar-refractivity contribution in [1.82, 2.24) is 9.55 Å². The summed E-state index contributed by atoms with van der Waals surface area (Å²) in [6, 6.07) is 13.7. The van der Waals surface area contributed by atoms with Gasteiger partial charge < -0.3 is 14.4 Å². The third kappa shape index (κ3) is 3.67. The summed E-state index contributed by atoms with van der Waals surface area (Å²) in [6.07, 6.45) is 4.44. The molecule has 0 aliphatic heterocycles. The topological polar surface area (TPSA) is 81.4 Å². The number of pyridine rings is 2. The number of carboxylic acids is 1. The van der Waals surface area contributed by atoms with Gasteiger partial charge in [0.15, 0.2) is 0 Å². The van der Waals surface area contributed by atoms with Gasteiger partial charge in [-0.05, 0) is 29.8 Å².